The van der Waals surface area contributed by atoms with Crippen LogP contribution in [0.4, 0.5) is 0 Å². The highest BCUT2D eigenvalue weighted by Gasteiger charge is 2.32. The van der Waals surface area contributed by atoms with Gasteiger partial charge in [0.15, 0.2) is 0 Å². The second-order valence-electron chi connectivity index (χ2n) is 7.42. The summed E-state index contributed by atoms with van der Waals surface area (Å²) in [5.41, 5.74) is 1.43. The van der Waals surface area contributed by atoms with E-state index < -0.39 is 0 Å². The Hall–Kier alpha value is -2.17. The molecular weight excluding hydrogens is 312 g/mol. The molecule has 1 amide bonds. The van der Waals surface area contributed by atoms with E-state index >= 15 is 0 Å². The van der Waals surface area contributed by atoms with Crippen LogP contribution in [0.3, 0.4) is 0 Å². The summed E-state index contributed by atoms with van der Waals surface area (Å²) in [6.07, 6.45) is 9.76. The molecule has 0 N–H and O–H groups in total. The molecule has 1 aliphatic heterocycles. The van der Waals surface area contributed by atoms with Crippen LogP contribution >= 0.6 is 0 Å². The van der Waals surface area contributed by atoms with E-state index in [2.05, 4.69) is 45.3 Å². The Bertz CT molecular complexity index is 677. The summed E-state index contributed by atoms with van der Waals surface area (Å²) in [6, 6.07) is 11.0. The Morgan fingerprint density at radius 1 is 1.04 bits per heavy atom. The standard InChI is InChI=1S/C20H26N4O/c25-20(23-12-4-7-19(13-23)24-15-21-14-22-24)18-10-8-17(9-11-18)16-5-2-1-3-6-16/h1-3,5-6,14-15,17-19H,4,7-13H2/t17?,18?,19-/m0/s1. The summed E-state index contributed by atoms with van der Waals surface area (Å²) >= 11 is 0. The van der Waals surface area contributed by atoms with E-state index in [9.17, 15) is 4.79 Å². The van der Waals surface area contributed by atoms with Crippen molar-refractivity contribution in [1.82, 2.24) is 19.7 Å². The highest BCUT2D eigenvalue weighted by Crippen LogP contribution is 2.37. The minimum absolute atomic E-state index is 0.203. The molecule has 2 aromatic rings. The van der Waals surface area contributed by atoms with E-state index in [1.54, 1.807) is 12.7 Å². The Morgan fingerprint density at radius 3 is 2.56 bits per heavy atom. The molecule has 4 rings (SSSR count). The summed E-state index contributed by atoms with van der Waals surface area (Å²) in [4.78, 5) is 19.1. The number of nitrogens with zero attached hydrogens (tertiary/aromatic N) is 4. The number of benzene rings is 1. The Labute approximate surface area is 149 Å². The Kier molecular flexibility index (Phi) is 4.81. The van der Waals surface area contributed by atoms with Gasteiger partial charge >= 0.3 is 0 Å². The fraction of sp³-hybridized carbons (Fsp3) is 0.550. The monoisotopic (exact) mass is 338 g/mol. The first-order chi connectivity index (χ1) is 12.3. The van der Waals surface area contributed by atoms with Crippen LogP contribution < -0.4 is 0 Å². The summed E-state index contributed by atoms with van der Waals surface area (Å²) in [6.45, 7) is 1.67. The zero-order valence-corrected chi connectivity index (χ0v) is 14.6. The van der Waals surface area contributed by atoms with E-state index in [0.29, 0.717) is 11.8 Å². The van der Waals surface area contributed by atoms with Crippen molar-refractivity contribution >= 4 is 5.91 Å². The first kappa shape index (κ1) is 16.3. The fourth-order valence-corrected chi connectivity index (χ4v) is 4.43. The maximum Gasteiger partial charge on any atom is 0.225 e. The number of carbonyl (C=O) groups excluding carboxylic acids is 1. The number of hydrogen-bond acceptors (Lipinski definition) is 3. The number of likely N-dealkylation sites (tertiary alicyclic amines) is 1. The molecule has 5 nitrogen and oxygen atoms in total. The van der Waals surface area contributed by atoms with Gasteiger partial charge in [0.2, 0.25) is 5.91 Å². The van der Waals surface area contributed by atoms with Gasteiger partial charge in [0, 0.05) is 19.0 Å². The van der Waals surface area contributed by atoms with Crippen LogP contribution in [0.15, 0.2) is 43.0 Å². The Morgan fingerprint density at radius 2 is 1.84 bits per heavy atom. The molecule has 0 radical (unpaired) electrons. The van der Waals surface area contributed by atoms with Gasteiger partial charge < -0.3 is 4.90 Å². The third kappa shape index (κ3) is 3.60. The van der Waals surface area contributed by atoms with Crippen LogP contribution in [0.2, 0.25) is 0 Å². The van der Waals surface area contributed by atoms with E-state index in [0.717, 1.165) is 51.6 Å². The summed E-state index contributed by atoms with van der Waals surface area (Å²) in [7, 11) is 0. The molecule has 0 unspecified atom stereocenters. The first-order valence-electron chi connectivity index (χ1n) is 9.49. The van der Waals surface area contributed by atoms with Crippen LogP contribution in [-0.2, 0) is 4.79 Å². The number of hydrogen-bond donors (Lipinski definition) is 0. The molecule has 0 bridgehead atoms. The van der Waals surface area contributed by atoms with E-state index in [1.807, 2.05) is 4.68 Å². The number of aromatic nitrogens is 3. The van der Waals surface area contributed by atoms with Gasteiger partial charge in [-0.15, -0.1) is 0 Å². The third-order valence-corrected chi connectivity index (χ3v) is 5.87. The molecule has 2 aliphatic rings. The number of carbonyl (C=O) groups is 1. The van der Waals surface area contributed by atoms with Crippen LogP contribution in [0.1, 0.15) is 56.0 Å². The lowest BCUT2D eigenvalue weighted by Crippen LogP contribution is -2.44. The smallest absolute Gasteiger partial charge is 0.225 e. The minimum atomic E-state index is 0.203. The molecule has 0 spiro atoms. The third-order valence-electron chi connectivity index (χ3n) is 5.87. The fourth-order valence-electron chi connectivity index (χ4n) is 4.43. The minimum Gasteiger partial charge on any atom is -0.340 e. The molecule has 1 aromatic heterocycles. The molecule has 1 aliphatic carbocycles. The van der Waals surface area contributed by atoms with Gasteiger partial charge in [0.25, 0.3) is 0 Å². The van der Waals surface area contributed by atoms with Gasteiger partial charge in [-0.25, -0.2) is 9.67 Å². The van der Waals surface area contributed by atoms with Gasteiger partial charge in [0.1, 0.15) is 12.7 Å². The van der Waals surface area contributed by atoms with Crippen molar-refractivity contribution in [3.63, 3.8) is 0 Å². The van der Waals surface area contributed by atoms with E-state index in [4.69, 9.17) is 0 Å². The zero-order chi connectivity index (χ0) is 17.1. The van der Waals surface area contributed by atoms with Gasteiger partial charge in [-0.2, -0.15) is 5.10 Å². The molecule has 2 heterocycles. The molecular formula is C20H26N4O. The van der Waals surface area contributed by atoms with Crippen molar-refractivity contribution in [2.75, 3.05) is 13.1 Å². The lowest BCUT2D eigenvalue weighted by atomic mass is 9.78. The SMILES string of the molecule is O=C(C1CCC(c2ccccc2)CC1)N1CCC[C@H](n2cncn2)C1. The maximum absolute atomic E-state index is 13.0. The topological polar surface area (TPSA) is 51.0 Å². The van der Waals surface area contributed by atoms with Crippen LogP contribution in [0.25, 0.3) is 0 Å². The van der Waals surface area contributed by atoms with Gasteiger partial charge in [0.05, 0.1) is 6.04 Å². The molecule has 1 atom stereocenters. The number of amides is 1. The first-order valence-corrected chi connectivity index (χ1v) is 9.49. The van der Waals surface area contributed by atoms with Crippen LogP contribution in [0.5, 0.6) is 0 Å². The second-order valence-corrected chi connectivity index (χ2v) is 7.42. The van der Waals surface area contributed by atoms with Crippen molar-refractivity contribution in [3.8, 4) is 0 Å². The molecule has 1 saturated heterocycles. The van der Waals surface area contributed by atoms with Crippen molar-refractivity contribution in [2.24, 2.45) is 5.92 Å². The highest BCUT2D eigenvalue weighted by atomic mass is 16.2. The lowest BCUT2D eigenvalue weighted by Gasteiger charge is -2.37. The predicted molar refractivity (Wildman–Crippen MR) is 96.0 cm³/mol. The van der Waals surface area contributed by atoms with Crippen molar-refractivity contribution in [1.29, 1.82) is 0 Å². The normalized spacial score (nSPS) is 27.2. The molecule has 25 heavy (non-hydrogen) atoms. The Balaban J connectivity index is 1.34. The van der Waals surface area contributed by atoms with E-state index in [-0.39, 0.29) is 12.0 Å². The van der Waals surface area contributed by atoms with Crippen LogP contribution in [-0.4, -0.2) is 38.7 Å². The van der Waals surface area contributed by atoms with Gasteiger partial charge in [-0.3, -0.25) is 4.79 Å². The molecule has 1 aromatic carbocycles. The van der Waals surface area contributed by atoms with Crippen molar-refractivity contribution < 1.29 is 4.79 Å². The van der Waals surface area contributed by atoms with Crippen molar-refractivity contribution in [2.45, 2.75) is 50.5 Å². The van der Waals surface area contributed by atoms with Crippen molar-refractivity contribution in [3.05, 3.63) is 48.5 Å². The summed E-state index contributed by atoms with van der Waals surface area (Å²) in [5.74, 6) is 1.18. The molecule has 1 saturated carbocycles. The summed E-state index contributed by atoms with van der Waals surface area (Å²) < 4.78 is 1.91. The van der Waals surface area contributed by atoms with Gasteiger partial charge in [-0.1, -0.05) is 30.3 Å². The van der Waals surface area contributed by atoms with E-state index in [1.165, 1.54) is 5.56 Å². The quantitative estimate of drug-likeness (QED) is 0.862. The number of piperidine rings is 1. The largest absolute Gasteiger partial charge is 0.340 e. The zero-order valence-electron chi connectivity index (χ0n) is 14.6. The molecule has 5 heteroatoms. The maximum atomic E-state index is 13.0. The number of rotatable bonds is 3. The predicted octanol–water partition coefficient (Wildman–Crippen LogP) is 3.42. The highest BCUT2D eigenvalue weighted by molar-refractivity contribution is 5.79. The second kappa shape index (κ2) is 7.38. The van der Waals surface area contributed by atoms with Gasteiger partial charge in [-0.05, 0) is 50.0 Å². The average molecular weight is 338 g/mol. The average Bonchev–Trinajstić information content (AvgIpc) is 3.23. The lowest BCUT2D eigenvalue weighted by molar-refractivity contribution is -0.138. The summed E-state index contributed by atoms with van der Waals surface area (Å²) in [5, 5.41) is 4.26. The van der Waals surface area contributed by atoms with Crippen LogP contribution in [0, 0.1) is 5.92 Å². The molecule has 132 valence electrons. The molecule has 2 fully saturated rings.